The van der Waals surface area contributed by atoms with Gasteiger partial charge in [0.05, 0.1) is 17.8 Å². The lowest BCUT2D eigenvalue weighted by Gasteiger charge is -2.26. The van der Waals surface area contributed by atoms with E-state index in [1.807, 2.05) is 0 Å². The molecule has 0 unspecified atom stereocenters. The van der Waals surface area contributed by atoms with E-state index in [2.05, 4.69) is 4.99 Å². The number of fused-ring (bicyclic) bond motifs is 1. The molecule has 2 nitrogen and oxygen atoms in total. The van der Waals surface area contributed by atoms with Gasteiger partial charge in [-0.3, -0.25) is 4.99 Å². The molecule has 1 aliphatic heterocycles. The van der Waals surface area contributed by atoms with Gasteiger partial charge in [-0.25, -0.2) is 0 Å². The zero-order chi connectivity index (χ0) is 19.8. The molecule has 2 aromatic carbocycles. The normalized spacial score (nSPS) is 15.2. The average Bonchev–Trinajstić information content (AvgIpc) is 2.72. The zero-order valence-electron chi connectivity index (χ0n) is 13.7. The Kier molecular flexibility index (Phi) is 5.12. The van der Waals surface area contributed by atoms with Gasteiger partial charge in [0.1, 0.15) is 6.54 Å². The average molecular weight is 407 g/mol. The van der Waals surface area contributed by atoms with Gasteiger partial charge in [0.15, 0.2) is 0 Å². The Morgan fingerprint density at radius 1 is 0.963 bits per heavy atom. The summed E-state index contributed by atoms with van der Waals surface area (Å²) in [7, 11) is 0. The first kappa shape index (κ1) is 19.5. The number of benzene rings is 2. The fraction of sp³-hybridized carbons (Fsp3) is 0.278. The maximum atomic E-state index is 12.9. The molecule has 0 spiro atoms. The van der Waals surface area contributed by atoms with E-state index >= 15 is 0 Å². The van der Waals surface area contributed by atoms with Crippen LogP contribution in [0, 0.1) is 0 Å². The molecule has 9 heteroatoms. The second kappa shape index (κ2) is 7.07. The minimum absolute atomic E-state index is 0.0261. The summed E-state index contributed by atoms with van der Waals surface area (Å²) in [5.74, 6) is 0. The van der Waals surface area contributed by atoms with Crippen LogP contribution in [-0.4, -0.2) is 31.5 Å². The molecule has 1 heterocycles. The van der Waals surface area contributed by atoms with Crippen molar-refractivity contribution in [3.63, 3.8) is 0 Å². The van der Waals surface area contributed by atoms with E-state index in [1.54, 1.807) is 0 Å². The molecule has 0 amide bonds. The van der Waals surface area contributed by atoms with Crippen LogP contribution in [0.5, 0.6) is 0 Å². The highest BCUT2D eigenvalue weighted by Crippen LogP contribution is 2.33. The van der Waals surface area contributed by atoms with Gasteiger partial charge < -0.3 is 4.90 Å². The van der Waals surface area contributed by atoms with E-state index in [0.717, 1.165) is 17.0 Å². The molecule has 0 aromatic heterocycles. The molecule has 27 heavy (non-hydrogen) atoms. The maximum Gasteiger partial charge on any atom is 0.416 e. The van der Waals surface area contributed by atoms with Crippen molar-refractivity contribution in [2.45, 2.75) is 12.4 Å². The Bertz CT molecular complexity index is 856. The third-order valence-corrected chi connectivity index (χ3v) is 4.29. The van der Waals surface area contributed by atoms with Crippen LogP contribution < -0.4 is 4.90 Å². The van der Waals surface area contributed by atoms with Crippen LogP contribution in [0.15, 0.2) is 47.5 Å². The third kappa shape index (κ3) is 4.55. The lowest BCUT2D eigenvalue weighted by Crippen LogP contribution is -2.36. The number of hydrogen-bond donors (Lipinski definition) is 0. The highest BCUT2D eigenvalue weighted by molar-refractivity contribution is 6.31. The third-order valence-electron chi connectivity index (χ3n) is 4.05. The monoisotopic (exact) mass is 406 g/mol. The molecule has 3 rings (SSSR count). The fourth-order valence-electron chi connectivity index (χ4n) is 2.91. The Balaban J connectivity index is 2.04. The summed E-state index contributed by atoms with van der Waals surface area (Å²) in [6, 6.07) is 8.76. The summed E-state index contributed by atoms with van der Waals surface area (Å²) < 4.78 is 77.0. The van der Waals surface area contributed by atoms with Gasteiger partial charge in [-0.2, -0.15) is 26.3 Å². The zero-order valence-corrected chi connectivity index (χ0v) is 14.5. The lowest BCUT2D eigenvalue weighted by atomic mass is 9.99. The lowest BCUT2D eigenvalue weighted by molar-refractivity contribution is -0.137. The van der Waals surface area contributed by atoms with Crippen LogP contribution in [0.25, 0.3) is 0 Å². The summed E-state index contributed by atoms with van der Waals surface area (Å²) in [5.41, 5.74) is 0.508. The Morgan fingerprint density at radius 3 is 2.22 bits per heavy atom. The molecule has 144 valence electrons. The van der Waals surface area contributed by atoms with Gasteiger partial charge in [0.2, 0.25) is 0 Å². The highest BCUT2D eigenvalue weighted by Gasteiger charge is 2.33. The van der Waals surface area contributed by atoms with Crippen molar-refractivity contribution in [1.82, 2.24) is 0 Å². The molecule has 0 bridgehead atoms. The molecule has 2 aromatic rings. The molecule has 0 saturated carbocycles. The van der Waals surface area contributed by atoms with Gasteiger partial charge in [-0.05, 0) is 30.3 Å². The van der Waals surface area contributed by atoms with Gasteiger partial charge in [-0.15, -0.1) is 0 Å². The van der Waals surface area contributed by atoms with E-state index in [1.165, 1.54) is 30.3 Å². The number of aliphatic imine (C=N–C) groups is 1. The van der Waals surface area contributed by atoms with Gasteiger partial charge >= 0.3 is 12.4 Å². The molecule has 0 atom stereocenters. The van der Waals surface area contributed by atoms with E-state index in [-0.39, 0.29) is 18.8 Å². The molecule has 0 fully saturated rings. The largest absolute Gasteiger partial charge is 0.416 e. The van der Waals surface area contributed by atoms with E-state index in [4.69, 9.17) is 11.6 Å². The highest BCUT2D eigenvalue weighted by atomic mass is 35.5. The fourth-order valence-corrected chi connectivity index (χ4v) is 3.08. The second-order valence-electron chi connectivity index (χ2n) is 6.00. The number of hydrogen-bond acceptors (Lipinski definition) is 2. The standard InChI is InChI=1S/C18H13ClF6N2/c19-13-5-6-15-14(9-13)16(26-7-8-27(15)10-17(20,21)22)11-1-3-12(4-2-11)18(23,24)25/h1-6,9H,7-8,10H2. The summed E-state index contributed by atoms with van der Waals surface area (Å²) in [6.45, 7) is -1.06. The van der Waals surface area contributed by atoms with E-state index in [0.29, 0.717) is 21.9 Å². The van der Waals surface area contributed by atoms with Gasteiger partial charge in [0, 0.05) is 28.4 Å². The second-order valence-corrected chi connectivity index (χ2v) is 6.44. The first-order valence-corrected chi connectivity index (χ1v) is 8.26. The Hall–Kier alpha value is -2.22. The van der Waals surface area contributed by atoms with Gasteiger partial charge in [0.25, 0.3) is 0 Å². The smallest absolute Gasteiger partial charge is 0.360 e. The van der Waals surface area contributed by atoms with Crippen LogP contribution in [-0.2, 0) is 6.18 Å². The predicted octanol–water partition coefficient (Wildman–Crippen LogP) is 5.58. The predicted molar refractivity (Wildman–Crippen MR) is 91.7 cm³/mol. The van der Waals surface area contributed by atoms with Gasteiger partial charge in [-0.1, -0.05) is 23.7 Å². The Morgan fingerprint density at radius 2 is 1.63 bits per heavy atom. The van der Waals surface area contributed by atoms with Crippen LogP contribution in [0.1, 0.15) is 16.7 Å². The molecule has 0 aliphatic carbocycles. The number of halogens is 7. The van der Waals surface area contributed by atoms with Crippen LogP contribution >= 0.6 is 11.6 Å². The summed E-state index contributed by atoms with van der Waals surface area (Å²) in [4.78, 5) is 5.46. The quantitative estimate of drug-likeness (QED) is 0.595. The number of alkyl halides is 6. The van der Waals surface area contributed by atoms with Crippen molar-refractivity contribution in [1.29, 1.82) is 0 Å². The number of anilines is 1. The maximum absolute atomic E-state index is 12.9. The topological polar surface area (TPSA) is 15.6 Å². The Labute approximate surface area is 156 Å². The first-order valence-electron chi connectivity index (χ1n) is 7.88. The minimum atomic E-state index is -4.48. The molecule has 0 N–H and O–H groups in total. The van der Waals surface area contributed by atoms with Crippen LogP contribution in [0.2, 0.25) is 5.02 Å². The minimum Gasteiger partial charge on any atom is -0.360 e. The van der Waals surface area contributed by atoms with Crippen molar-refractivity contribution in [3.8, 4) is 0 Å². The van der Waals surface area contributed by atoms with Crippen molar-refractivity contribution in [2.24, 2.45) is 4.99 Å². The summed E-state index contributed by atoms with van der Waals surface area (Å²) in [5, 5.41) is 0.294. The molecule has 0 radical (unpaired) electrons. The molecular weight excluding hydrogens is 394 g/mol. The van der Waals surface area contributed by atoms with Crippen molar-refractivity contribution >= 4 is 23.0 Å². The van der Waals surface area contributed by atoms with Crippen molar-refractivity contribution in [3.05, 3.63) is 64.2 Å². The number of nitrogens with zero attached hydrogens (tertiary/aromatic N) is 2. The number of benzodiazepines with no additional fused rings is 1. The van der Waals surface area contributed by atoms with E-state index in [9.17, 15) is 26.3 Å². The van der Waals surface area contributed by atoms with E-state index < -0.39 is 24.5 Å². The van der Waals surface area contributed by atoms with Crippen LogP contribution in [0.3, 0.4) is 0 Å². The SMILES string of the molecule is FC(F)(F)CN1CCN=C(c2ccc(C(F)(F)F)cc2)c2cc(Cl)ccc21. The molecule has 1 aliphatic rings. The van der Waals surface area contributed by atoms with Crippen molar-refractivity contribution < 1.29 is 26.3 Å². The summed E-state index contributed by atoms with van der Waals surface area (Å²) >= 11 is 6.00. The molecular formula is C18H13ClF6N2. The van der Waals surface area contributed by atoms with Crippen LogP contribution in [0.4, 0.5) is 32.0 Å². The molecule has 0 saturated heterocycles. The first-order chi connectivity index (χ1) is 12.5. The number of rotatable bonds is 2. The van der Waals surface area contributed by atoms with Crippen molar-refractivity contribution in [2.75, 3.05) is 24.5 Å². The summed E-state index contributed by atoms with van der Waals surface area (Å²) in [6.07, 6.45) is -8.88.